The summed E-state index contributed by atoms with van der Waals surface area (Å²) in [7, 11) is 0. The topological polar surface area (TPSA) is 87.0 Å². The van der Waals surface area contributed by atoms with Gasteiger partial charge in [-0.15, -0.1) is 0 Å². The zero-order valence-corrected chi connectivity index (χ0v) is 14.2. The van der Waals surface area contributed by atoms with Crippen LogP contribution >= 0.6 is 0 Å². The molecule has 1 aliphatic heterocycles. The zero-order valence-electron chi connectivity index (χ0n) is 14.2. The molecular formula is C18H23N5O2. The molecule has 0 radical (unpaired) electrons. The molecule has 3 fully saturated rings. The van der Waals surface area contributed by atoms with Crippen LogP contribution in [0.2, 0.25) is 0 Å². The Morgan fingerprint density at radius 1 is 1.12 bits per heavy atom. The van der Waals surface area contributed by atoms with Gasteiger partial charge in [0, 0.05) is 48.8 Å². The highest BCUT2D eigenvalue weighted by Crippen LogP contribution is 2.40. The lowest BCUT2D eigenvalue weighted by molar-refractivity contribution is 0.0922. The molecule has 5 rings (SSSR count). The van der Waals surface area contributed by atoms with Crippen molar-refractivity contribution in [2.45, 2.75) is 56.4 Å². The van der Waals surface area contributed by atoms with Gasteiger partial charge in [-0.3, -0.25) is 9.89 Å². The first-order valence-corrected chi connectivity index (χ1v) is 9.34. The average Bonchev–Trinajstić information content (AvgIpc) is 3.57. The summed E-state index contributed by atoms with van der Waals surface area (Å²) in [5, 5.41) is 14.6. The molecule has 2 aromatic heterocycles. The highest BCUT2D eigenvalue weighted by atomic mass is 16.5. The predicted molar refractivity (Wildman–Crippen MR) is 91.7 cm³/mol. The van der Waals surface area contributed by atoms with Gasteiger partial charge in [-0.2, -0.15) is 5.10 Å². The summed E-state index contributed by atoms with van der Waals surface area (Å²) in [4.78, 5) is 14.6. The van der Waals surface area contributed by atoms with E-state index in [1.165, 1.54) is 18.5 Å². The van der Waals surface area contributed by atoms with Gasteiger partial charge in [0.05, 0.1) is 0 Å². The van der Waals surface area contributed by atoms with Crippen molar-refractivity contribution in [3.63, 3.8) is 0 Å². The van der Waals surface area contributed by atoms with E-state index < -0.39 is 0 Å². The number of amides is 1. The highest BCUT2D eigenvalue weighted by molar-refractivity contribution is 5.92. The summed E-state index contributed by atoms with van der Waals surface area (Å²) < 4.78 is 5.27. The van der Waals surface area contributed by atoms with Crippen molar-refractivity contribution in [1.82, 2.24) is 20.7 Å². The maximum absolute atomic E-state index is 12.3. The molecule has 2 aliphatic carbocycles. The third-order valence-corrected chi connectivity index (χ3v) is 5.50. The molecule has 1 amide bonds. The Bertz CT molecular complexity index is 766. The fourth-order valence-electron chi connectivity index (χ4n) is 3.56. The van der Waals surface area contributed by atoms with E-state index in [1.54, 1.807) is 6.07 Å². The van der Waals surface area contributed by atoms with E-state index in [2.05, 4.69) is 31.6 Å². The van der Waals surface area contributed by atoms with Gasteiger partial charge < -0.3 is 14.7 Å². The summed E-state index contributed by atoms with van der Waals surface area (Å²) in [6.07, 6.45) is 6.69. The average molecular weight is 341 g/mol. The molecule has 3 aliphatic rings. The van der Waals surface area contributed by atoms with Crippen LogP contribution in [0, 0.1) is 0 Å². The summed E-state index contributed by atoms with van der Waals surface area (Å²) >= 11 is 0. The van der Waals surface area contributed by atoms with Crippen LogP contribution in [-0.4, -0.2) is 40.4 Å². The molecule has 0 unspecified atom stereocenters. The van der Waals surface area contributed by atoms with E-state index >= 15 is 0 Å². The maximum atomic E-state index is 12.3. The first-order valence-electron chi connectivity index (χ1n) is 9.34. The number of piperidine rings is 1. The molecule has 0 aromatic carbocycles. The number of carbonyl (C=O) groups is 1. The van der Waals surface area contributed by atoms with Crippen molar-refractivity contribution in [2.75, 3.05) is 18.0 Å². The number of carbonyl (C=O) groups excluding carboxylic acids is 1. The Balaban J connectivity index is 1.14. The van der Waals surface area contributed by atoms with Gasteiger partial charge in [-0.05, 0) is 38.5 Å². The van der Waals surface area contributed by atoms with E-state index in [0.717, 1.165) is 50.4 Å². The van der Waals surface area contributed by atoms with Crippen LogP contribution in [0.3, 0.4) is 0 Å². The monoisotopic (exact) mass is 341 g/mol. The van der Waals surface area contributed by atoms with E-state index in [9.17, 15) is 4.79 Å². The number of hydrogen-bond donors (Lipinski definition) is 2. The lowest BCUT2D eigenvalue weighted by Crippen LogP contribution is -2.44. The molecule has 2 N–H and O–H groups in total. The van der Waals surface area contributed by atoms with Crippen molar-refractivity contribution in [3.05, 3.63) is 29.3 Å². The van der Waals surface area contributed by atoms with Crippen LogP contribution < -0.4 is 10.2 Å². The molecule has 2 saturated carbocycles. The van der Waals surface area contributed by atoms with Crippen LogP contribution in [0.5, 0.6) is 0 Å². The molecule has 1 saturated heterocycles. The SMILES string of the molecule is O=C(NC1CCN(c2cc(C3CC3)[nH]n2)CC1)c1cc(C2CC2)on1. The fourth-order valence-corrected chi connectivity index (χ4v) is 3.56. The molecule has 2 aromatic rings. The molecule has 0 spiro atoms. The Morgan fingerprint density at radius 2 is 1.88 bits per heavy atom. The summed E-state index contributed by atoms with van der Waals surface area (Å²) in [5.41, 5.74) is 1.67. The quantitative estimate of drug-likeness (QED) is 0.873. The van der Waals surface area contributed by atoms with Crippen molar-refractivity contribution in [2.24, 2.45) is 0 Å². The van der Waals surface area contributed by atoms with Crippen LogP contribution in [0.15, 0.2) is 16.7 Å². The van der Waals surface area contributed by atoms with Crippen molar-refractivity contribution in [1.29, 1.82) is 0 Å². The number of nitrogens with zero attached hydrogens (tertiary/aromatic N) is 3. The second kappa shape index (κ2) is 5.89. The van der Waals surface area contributed by atoms with E-state index in [0.29, 0.717) is 17.5 Å². The number of hydrogen-bond acceptors (Lipinski definition) is 5. The minimum atomic E-state index is -0.120. The molecule has 7 heteroatoms. The molecule has 132 valence electrons. The zero-order chi connectivity index (χ0) is 16.8. The number of anilines is 1. The number of rotatable bonds is 5. The van der Waals surface area contributed by atoms with Gasteiger partial charge in [-0.1, -0.05) is 5.16 Å². The normalized spacial score (nSPS) is 21.5. The van der Waals surface area contributed by atoms with Gasteiger partial charge in [0.2, 0.25) is 0 Å². The number of aromatic amines is 1. The van der Waals surface area contributed by atoms with Gasteiger partial charge in [0.25, 0.3) is 5.91 Å². The van der Waals surface area contributed by atoms with E-state index in [1.807, 2.05) is 0 Å². The summed E-state index contributed by atoms with van der Waals surface area (Å²) in [5.74, 6) is 2.94. The standard InChI is InChI=1S/C18H23N5O2/c24-18(15-9-16(25-22-15)12-3-4-12)19-13-5-7-23(8-6-13)17-10-14(20-21-17)11-1-2-11/h9-13H,1-8H2,(H,19,24)(H,20,21). The second-order valence-corrected chi connectivity index (χ2v) is 7.58. The first-order chi connectivity index (χ1) is 12.3. The van der Waals surface area contributed by atoms with Gasteiger partial charge >= 0.3 is 0 Å². The Kier molecular flexibility index (Phi) is 3.53. The van der Waals surface area contributed by atoms with Gasteiger partial charge in [-0.25, -0.2) is 0 Å². The molecule has 0 bridgehead atoms. The van der Waals surface area contributed by atoms with Gasteiger partial charge in [0.15, 0.2) is 11.5 Å². The minimum absolute atomic E-state index is 0.120. The van der Waals surface area contributed by atoms with E-state index in [-0.39, 0.29) is 11.9 Å². The lowest BCUT2D eigenvalue weighted by atomic mass is 10.0. The third-order valence-electron chi connectivity index (χ3n) is 5.50. The minimum Gasteiger partial charge on any atom is -0.360 e. The number of H-pyrrole nitrogens is 1. The van der Waals surface area contributed by atoms with Crippen LogP contribution in [-0.2, 0) is 0 Å². The molecular weight excluding hydrogens is 318 g/mol. The number of aromatic nitrogens is 3. The molecule has 3 heterocycles. The maximum Gasteiger partial charge on any atom is 0.273 e. The Hall–Kier alpha value is -2.31. The summed E-state index contributed by atoms with van der Waals surface area (Å²) in [6.45, 7) is 1.82. The van der Waals surface area contributed by atoms with Crippen LogP contribution in [0.25, 0.3) is 0 Å². The predicted octanol–water partition coefficient (Wildman–Crippen LogP) is 2.55. The molecule has 7 nitrogen and oxygen atoms in total. The van der Waals surface area contributed by atoms with E-state index in [4.69, 9.17) is 4.52 Å². The number of nitrogens with one attached hydrogen (secondary N) is 2. The third kappa shape index (κ3) is 3.15. The van der Waals surface area contributed by atoms with Crippen LogP contribution in [0.4, 0.5) is 5.82 Å². The van der Waals surface area contributed by atoms with Crippen molar-refractivity contribution >= 4 is 11.7 Å². The smallest absolute Gasteiger partial charge is 0.273 e. The lowest BCUT2D eigenvalue weighted by Gasteiger charge is -2.32. The second-order valence-electron chi connectivity index (χ2n) is 7.58. The Labute approximate surface area is 146 Å². The Morgan fingerprint density at radius 3 is 2.60 bits per heavy atom. The van der Waals surface area contributed by atoms with Crippen molar-refractivity contribution in [3.8, 4) is 0 Å². The van der Waals surface area contributed by atoms with Gasteiger partial charge in [0.1, 0.15) is 5.76 Å². The summed E-state index contributed by atoms with van der Waals surface area (Å²) in [6, 6.07) is 4.17. The van der Waals surface area contributed by atoms with Crippen LogP contribution in [0.1, 0.15) is 72.3 Å². The molecule has 0 atom stereocenters. The first kappa shape index (κ1) is 15.0. The fraction of sp³-hybridized carbons (Fsp3) is 0.611. The molecule has 25 heavy (non-hydrogen) atoms. The van der Waals surface area contributed by atoms with Crippen molar-refractivity contribution < 1.29 is 9.32 Å². The highest BCUT2D eigenvalue weighted by Gasteiger charge is 2.30. The largest absolute Gasteiger partial charge is 0.360 e.